The first kappa shape index (κ1) is 11.8. The number of nitrogens with zero attached hydrogens (tertiary/aromatic N) is 2. The smallest absolute Gasteiger partial charge is 0.135 e. The van der Waals surface area contributed by atoms with E-state index < -0.39 is 0 Å². The molecule has 2 saturated carbocycles. The lowest BCUT2D eigenvalue weighted by atomic mass is 10.0. The zero-order chi connectivity index (χ0) is 12.8. The maximum absolute atomic E-state index is 5.83. The predicted molar refractivity (Wildman–Crippen MR) is 73.4 cm³/mol. The maximum Gasteiger partial charge on any atom is 0.135 e. The highest BCUT2D eigenvalue weighted by molar-refractivity contribution is 5.45. The Balaban J connectivity index is 1.68. The van der Waals surface area contributed by atoms with Gasteiger partial charge in [0.2, 0.25) is 0 Å². The Morgan fingerprint density at radius 2 is 2.11 bits per heavy atom. The molecule has 0 spiro atoms. The Morgan fingerprint density at radius 3 is 2.67 bits per heavy atom. The molecule has 1 aromatic rings. The number of rotatable bonds is 5. The van der Waals surface area contributed by atoms with Gasteiger partial charge in [0.25, 0.3) is 0 Å². The molecule has 0 aromatic carbocycles. The van der Waals surface area contributed by atoms with Gasteiger partial charge in [-0.3, -0.25) is 0 Å². The molecule has 0 amide bonds. The second kappa shape index (κ2) is 4.11. The van der Waals surface area contributed by atoms with Crippen LogP contribution in [0.15, 0.2) is 6.07 Å². The maximum atomic E-state index is 5.83. The van der Waals surface area contributed by atoms with Crippen molar-refractivity contribution in [2.75, 3.05) is 17.6 Å². The van der Waals surface area contributed by atoms with Crippen LogP contribution in [0.25, 0.3) is 0 Å². The van der Waals surface area contributed by atoms with Crippen LogP contribution in [0.2, 0.25) is 0 Å². The molecule has 0 bridgehead atoms. The zero-order valence-electron chi connectivity index (χ0n) is 11.2. The van der Waals surface area contributed by atoms with Gasteiger partial charge in [-0.2, -0.15) is 0 Å². The molecule has 0 radical (unpaired) electrons. The van der Waals surface area contributed by atoms with E-state index in [-0.39, 0.29) is 0 Å². The molecule has 0 unspecified atom stereocenters. The number of nitrogen functional groups attached to an aromatic ring is 1. The van der Waals surface area contributed by atoms with Gasteiger partial charge in [0, 0.05) is 18.5 Å². The van der Waals surface area contributed by atoms with Crippen molar-refractivity contribution in [3.05, 3.63) is 11.9 Å². The Kier molecular flexibility index (Phi) is 2.68. The van der Waals surface area contributed by atoms with Crippen LogP contribution in [0.3, 0.4) is 0 Å². The Bertz CT molecular complexity index is 447. The number of nitrogens with two attached hydrogens (primary N) is 1. The molecule has 3 N–H and O–H groups in total. The van der Waals surface area contributed by atoms with Crippen LogP contribution in [0.4, 0.5) is 11.6 Å². The van der Waals surface area contributed by atoms with E-state index >= 15 is 0 Å². The van der Waals surface area contributed by atoms with Gasteiger partial charge in [0.05, 0.1) is 0 Å². The first-order chi connectivity index (χ1) is 8.59. The van der Waals surface area contributed by atoms with E-state index in [1.807, 2.05) is 6.07 Å². The first-order valence-corrected chi connectivity index (χ1v) is 6.97. The first-order valence-electron chi connectivity index (χ1n) is 6.97. The highest BCUT2D eigenvalue weighted by Gasteiger charge is 2.53. The molecule has 18 heavy (non-hydrogen) atoms. The summed E-state index contributed by atoms with van der Waals surface area (Å²) in [4.78, 5) is 8.81. The summed E-state index contributed by atoms with van der Waals surface area (Å²) in [5.74, 6) is 3.56. The number of nitrogens with one attached hydrogen (secondary N) is 1. The van der Waals surface area contributed by atoms with Crippen LogP contribution in [0, 0.1) is 11.3 Å². The summed E-state index contributed by atoms with van der Waals surface area (Å²) in [5, 5.41) is 3.47. The minimum atomic E-state index is 0.312. The van der Waals surface area contributed by atoms with Gasteiger partial charge in [0.15, 0.2) is 0 Å². The quantitative estimate of drug-likeness (QED) is 0.838. The molecule has 0 saturated heterocycles. The van der Waals surface area contributed by atoms with E-state index in [0.717, 1.165) is 24.1 Å². The Labute approximate surface area is 108 Å². The summed E-state index contributed by atoms with van der Waals surface area (Å²) in [7, 11) is 0. The van der Waals surface area contributed by atoms with Gasteiger partial charge in [-0.25, -0.2) is 9.97 Å². The van der Waals surface area contributed by atoms with Gasteiger partial charge in [-0.1, -0.05) is 13.8 Å². The Morgan fingerprint density at radius 1 is 1.39 bits per heavy atom. The summed E-state index contributed by atoms with van der Waals surface area (Å²) in [6, 6.07) is 1.84. The largest absolute Gasteiger partial charge is 0.384 e. The molecule has 4 heteroatoms. The summed E-state index contributed by atoms with van der Waals surface area (Å²) < 4.78 is 0. The van der Waals surface area contributed by atoms with E-state index in [4.69, 9.17) is 5.73 Å². The summed E-state index contributed by atoms with van der Waals surface area (Å²) in [5.41, 5.74) is 6.41. The SMILES string of the molecule is CC(C)c1nc(N)cc(NCC2(C3CC3)CC2)n1. The second-order valence-electron chi connectivity index (χ2n) is 6.18. The molecular weight excluding hydrogens is 224 g/mol. The van der Waals surface area contributed by atoms with Gasteiger partial charge in [-0.05, 0) is 37.0 Å². The number of hydrogen-bond donors (Lipinski definition) is 2. The molecule has 2 aliphatic carbocycles. The topological polar surface area (TPSA) is 63.8 Å². The van der Waals surface area contributed by atoms with Gasteiger partial charge in [-0.15, -0.1) is 0 Å². The number of aromatic nitrogens is 2. The van der Waals surface area contributed by atoms with Gasteiger partial charge < -0.3 is 11.1 Å². The van der Waals surface area contributed by atoms with Crippen LogP contribution < -0.4 is 11.1 Å². The molecule has 4 nitrogen and oxygen atoms in total. The summed E-state index contributed by atoms with van der Waals surface area (Å²) in [6.45, 7) is 5.22. The van der Waals surface area contributed by atoms with Crippen LogP contribution in [-0.2, 0) is 0 Å². The summed E-state index contributed by atoms with van der Waals surface area (Å²) in [6.07, 6.45) is 5.60. The second-order valence-corrected chi connectivity index (χ2v) is 6.18. The van der Waals surface area contributed by atoms with Crippen molar-refractivity contribution in [3.8, 4) is 0 Å². The standard InChI is InChI=1S/C14H22N4/c1-9(2)13-17-11(15)7-12(18-13)16-8-14(5-6-14)10-3-4-10/h7,9-10H,3-6,8H2,1-2H3,(H3,15,16,17,18). The highest BCUT2D eigenvalue weighted by atomic mass is 15.1. The molecular formula is C14H22N4. The average Bonchev–Trinajstić information content (AvgIpc) is 3.17. The van der Waals surface area contributed by atoms with E-state index in [2.05, 4.69) is 29.1 Å². The average molecular weight is 246 g/mol. The number of hydrogen-bond acceptors (Lipinski definition) is 4. The van der Waals surface area contributed by atoms with Crippen molar-refractivity contribution in [2.24, 2.45) is 11.3 Å². The molecule has 2 fully saturated rings. The monoisotopic (exact) mass is 246 g/mol. The van der Waals surface area contributed by atoms with E-state index in [1.54, 1.807) is 0 Å². The van der Waals surface area contributed by atoms with Crippen molar-refractivity contribution in [1.29, 1.82) is 0 Å². The van der Waals surface area contributed by atoms with Gasteiger partial charge in [0.1, 0.15) is 17.5 Å². The van der Waals surface area contributed by atoms with Crippen LogP contribution >= 0.6 is 0 Å². The van der Waals surface area contributed by atoms with Crippen LogP contribution in [0.5, 0.6) is 0 Å². The lowest BCUT2D eigenvalue weighted by Gasteiger charge is -2.16. The van der Waals surface area contributed by atoms with Crippen LogP contribution in [-0.4, -0.2) is 16.5 Å². The lowest BCUT2D eigenvalue weighted by Crippen LogP contribution is -2.18. The van der Waals surface area contributed by atoms with E-state index in [0.29, 0.717) is 17.2 Å². The van der Waals surface area contributed by atoms with Crippen molar-refractivity contribution < 1.29 is 0 Å². The third kappa shape index (κ3) is 2.28. The molecule has 98 valence electrons. The highest BCUT2D eigenvalue weighted by Crippen LogP contribution is 2.61. The minimum absolute atomic E-state index is 0.312. The molecule has 3 rings (SSSR count). The Hall–Kier alpha value is -1.32. The van der Waals surface area contributed by atoms with Crippen molar-refractivity contribution in [2.45, 2.75) is 45.4 Å². The van der Waals surface area contributed by atoms with Crippen molar-refractivity contribution in [3.63, 3.8) is 0 Å². The molecule has 0 aliphatic heterocycles. The van der Waals surface area contributed by atoms with Crippen molar-refractivity contribution >= 4 is 11.6 Å². The fourth-order valence-corrected chi connectivity index (χ4v) is 2.69. The molecule has 0 atom stereocenters. The molecule has 1 heterocycles. The summed E-state index contributed by atoms with van der Waals surface area (Å²) >= 11 is 0. The number of anilines is 2. The van der Waals surface area contributed by atoms with E-state index in [1.165, 1.54) is 25.7 Å². The fourth-order valence-electron chi connectivity index (χ4n) is 2.69. The molecule has 1 aromatic heterocycles. The third-order valence-electron chi connectivity index (χ3n) is 4.24. The lowest BCUT2D eigenvalue weighted by molar-refractivity contribution is 0.466. The van der Waals surface area contributed by atoms with Crippen molar-refractivity contribution in [1.82, 2.24) is 9.97 Å². The molecule has 2 aliphatic rings. The predicted octanol–water partition coefficient (Wildman–Crippen LogP) is 2.78. The third-order valence-corrected chi connectivity index (χ3v) is 4.24. The minimum Gasteiger partial charge on any atom is -0.384 e. The normalized spacial score (nSPS) is 21.1. The fraction of sp³-hybridized carbons (Fsp3) is 0.714. The zero-order valence-corrected chi connectivity index (χ0v) is 11.2. The van der Waals surface area contributed by atoms with E-state index in [9.17, 15) is 0 Å². The van der Waals surface area contributed by atoms with Crippen LogP contribution in [0.1, 0.15) is 51.3 Å². The van der Waals surface area contributed by atoms with Gasteiger partial charge >= 0.3 is 0 Å².